The molecular weight excluding hydrogens is 442 g/mol. The van der Waals surface area contributed by atoms with Gasteiger partial charge >= 0.3 is 0 Å². The maximum atomic E-state index is 11.6. The molecule has 5 nitrogen and oxygen atoms in total. The number of nitrogens with zero attached hydrogens (tertiary/aromatic N) is 1. The molecule has 0 amide bonds. The van der Waals surface area contributed by atoms with Crippen molar-refractivity contribution in [2.75, 3.05) is 0 Å². The van der Waals surface area contributed by atoms with Gasteiger partial charge in [0, 0.05) is 19.3 Å². The Kier molecular flexibility index (Phi) is 6.80. The molecular formula is C28H37NO4Si. The Balaban J connectivity index is 1.83. The number of rotatable bonds is 6. The zero-order chi connectivity index (χ0) is 24.6. The summed E-state index contributed by atoms with van der Waals surface area (Å²) >= 11 is 0. The predicted molar refractivity (Wildman–Crippen MR) is 135 cm³/mol. The van der Waals surface area contributed by atoms with Gasteiger partial charge in [0.2, 0.25) is 0 Å². The molecule has 2 fully saturated rings. The van der Waals surface area contributed by atoms with E-state index < -0.39 is 19.7 Å². The van der Waals surface area contributed by atoms with Gasteiger partial charge < -0.3 is 19.0 Å². The largest absolute Gasteiger partial charge is 0.402 e. The SMILES string of the molecule is CC1(C)O[C@@H]2[C@@H](C[C@@](O)(CCC#N)C[C@H]2O[Si](c2ccccc2)(c2ccccc2)C(C)(C)C)O1. The van der Waals surface area contributed by atoms with Gasteiger partial charge in [-0.1, -0.05) is 81.4 Å². The van der Waals surface area contributed by atoms with Crippen LogP contribution in [-0.4, -0.2) is 43.1 Å². The van der Waals surface area contributed by atoms with Crippen molar-refractivity contribution >= 4 is 18.7 Å². The Labute approximate surface area is 204 Å². The minimum Gasteiger partial charge on any atom is -0.402 e. The van der Waals surface area contributed by atoms with Crippen LogP contribution >= 0.6 is 0 Å². The van der Waals surface area contributed by atoms with Crippen LogP contribution in [-0.2, 0) is 13.9 Å². The van der Waals surface area contributed by atoms with Crippen LogP contribution in [0.25, 0.3) is 0 Å². The molecule has 0 spiro atoms. The number of benzene rings is 2. The average Bonchev–Trinajstić information content (AvgIpc) is 3.10. The average molecular weight is 480 g/mol. The first-order valence-corrected chi connectivity index (χ1v) is 14.1. The maximum Gasteiger partial charge on any atom is 0.261 e. The van der Waals surface area contributed by atoms with Gasteiger partial charge in [0.25, 0.3) is 8.32 Å². The lowest BCUT2D eigenvalue weighted by molar-refractivity contribution is -0.152. The van der Waals surface area contributed by atoms with Crippen molar-refractivity contribution in [3.8, 4) is 6.07 Å². The van der Waals surface area contributed by atoms with Crippen LogP contribution in [0.1, 0.15) is 60.3 Å². The zero-order valence-corrected chi connectivity index (χ0v) is 22.0. The second kappa shape index (κ2) is 9.22. The summed E-state index contributed by atoms with van der Waals surface area (Å²) in [5.41, 5.74) is -1.03. The first kappa shape index (κ1) is 25.1. The molecule has 34 heavy (non-hydrogen) atoms. The highest BCUT2D eigenvalue weighted by atomic mass is 28.4. The quantitative estimate of drug-likeness (QED) is 0.626. The van der Waals surface area contributed by atoms with Gasteiger partial charge in [-0.25, -0.2) is 0 Å². The first-order chi connectivity index (χ1) is 16.0. The minimum atomic E-state index is -2.85. The molecule has 0 bridgehead atoms. The van der Waals surface area contributed by atoms with Crippen LogP contribution in [0.3, 0.4) is 0 Å². The lowest BCUT2D eigenvalue weighted by Crippen LogP contribution is -2.70. The Hall–Kier alpha value is -2.01. The lowest BCUT2D eigenvalue weighted by Gasteiger charge is -2.49. The highest BCUT2D eigenvalue weighted by Gasteiger charge is 2.58. The molecule has 1 heterocycles. The lowest BCUT2D eigenvalue weighted by atomic mass is 9.77. The van der Waals surface area contributed by atoms with Crippen LogP contribution in [0.2, 0.25) is 5.04 Å². The van der Waals surface area contributed by atoms with E-state index in [9.17, 15) is 10.4 Å². The molecule has 2 aromatic carbocycles. The van der Waals surface area contributed by atoms with Gasteiger partial charge in [-0.2, -0.15) is 5.26 Å². The summed E-state index contributed by atoms with van der Waals surface area (Å²) < 4.78 is 20.0. The number of ether oxygens (including phenoxy) is 2. The van der Waals surface area contributed by atoms with E-state index in [0.29, 0.717) is 25.7 Å². The second-order valence-electron chi connectivity index (χ2n) is 11.2. The predicted octanol–water partition coefficient (Wildman–Crippen LogP) is 4.28. The highest BCUT2D eigenvalue weighted by molar-refractivity contribution is 6.99. The van der Waals surface area contributed by atoms with Gasteiger partial charge in [0.05, 0.1) is 23.9 Å². The van der Waals surface area contributed by atoms with Crippen molar-refractivity contribution in [2.24, 2.45) is 0 Å². The van der Waals surface area contributed by atoms with E-state index in [-0.39, 0.29) is 23.4 Å². The van der Waals surface area contributed by atoms with E-state index in [1.54, 1.807) is 0 Å². The number of hydrogen-bond donors (Lipinski definition) is 1. The third-order valence-corrected chi connectivity index (χ3v) is 12.3. The first-order valence-electron chi connectivity index (χ1n) is 12.2. The van der Waals surface area contributed by atoms with E-state index in [4.69, 9.17) is 13.9 Å². The molecule has 2 aromatic rings. The molecule has 0 unspecified atom stereocenters. The van der Waals surface area contributed by atoms with E-state index >= 15 is 0 Å². The molecule has 6 heteroatoms. The van der Waals surface area contributed by atoms with Crippen LogP contribution in [0.4, 0.5) is 0 Å². The van der Waals surface area contributed by atoms with E-state index in [2.05, 4.69) is 75.4 Å². The van der Waals surface area contributed by atoms with Gasteiger partial charge in [0.1, 0.15) is 6.10 Å². The Bertz CT molecular complexity index is 975. The standard InChI is InChI=1S/C28H37NO4Si/c1-26(2,3)34(21-13-8-6-9-14-21,22-15-10-7-11-16-22)33-24-20-28(30,17-12-18-29)19-23-25(24)32-27(4,5)31-23/h6-11,13-16,23-25,30H,12,17,19-20H2,1-5H3/t23-,24-,25-,28+/m1/s1. The fourth-order valence-corrected chi connectivity index (χ4v) is 10.5. The van der Waals surface area contributed by atoms with E-state index in [1.165, 1.54) is 10.4 Å². The zero-order valence-electron chi connectivity index (χ0n) is 21.0. The second-order valence-corrected chi connectivity index (χ2v) is 15.5. The fourth-order valence-electron chi connectivity index (χ4n) is 5.80. The number of fused-ring (bicyclic) bond motifs is 1. The van der Waals surface area contributed by atoms with Gasteiger partial charge in [-0.3, -0.25) is 0 Å². The summed E-state index contributed by atoms with van der Waals surface area (Å²) in [6.07, 6.45) is 0.634. The fraction of sp³-hybridized carbons (Fsp3) is 0.536. The molecule has 1 N–H and O–H groups in total. The summed E-state index contributed by atoms with van der Waals surface area (Å²) in [6, 6.07) is 23.2. The van der Waals surface area contributed by atoms with E-state index in [0.717, 1.165) is 0 Å². The van der Waals surface area contributed by atoms with Crippen molar-refractivity contribution < 1.29 is 19.0 Å². The van der Waals surface area contributed by atoms with Crippen LogP contribution in [0.5, 0.6) is 0 Å². The molecule has 0 aromatic heterocycles. The minimum absolute atomic E-state index is 0.192. The van der Waals surface area contributed by atoms with Gasteiger partial charge in [-0.05, 0) is 35.7 Å². The van der Waals surface area contributed by atoms with Crippen LogP contribution in [0, 0.1) is 11.3 Å². The monoisotopic (exact) mass is 479 g/mol. The summed E-state index contributed by atoms with van der Waals surface area (Å²) in [4.78, 5) is 0. The maximum absolute atomic E-state index is 11.6. The summed E-state index contributed by atoms with van der Waals surface area (Å²) in [6.45, 7) is 10.6. The Morgan fingerprint density at radius 1 is 1.00 bits per heavy atom. The van der Waals surface area contributed by atoms with Crippen molar-refractivity contribution in [3.05, 3.63) is 60.7 Å². The van der Waals surface area contributed by atoms with Crippen LogP contribution in [0.15, 0.2) is 60.7 Å². The highest BCUT2D eigenvalue weighted by Crippen LogP contribution is 2.46. The van der Waals surface area contributed by atoms with Crippen molar-refractivity contribution in [1.82, 2.24) is 0 Å². The van der Waals surface area contributed by atoms with Crippen molar-refractivity contribution in [1.29, 1.82) is 5.26 Å². The number of aliphatic hydroxyl groups is 1. The van der Waals surface area contributed by atoms with Crippen LogP contribution < -0.4 is 10.4 Å². The molecule has 4 rings (SSSR count). The molecule has 182 valence electrons. The molecule has 1 aliphatic carbocycles. The topological polar surface area (TPSA) is 71.7 Å². The third kappa shape index (κ3) is 4.73. The molecule has 4 atom stereocenters. The van der Waals surface area contributed by atoms with Gasteiger partial charge in [-0.15, -0.1) is 0 Å². The molecule has 2 aliphatic rings. The van der Waals surface area contributed by atoms with Gasteiger partial charge in [0.15, 0.2) is 5.79 Å². The summed E-state index contributed by atoms with van der Waals surface area (Å²) in [5, 5.41) is 23.0. The Morgan fingerprint density at radius 3 is 2.06 bits per heavy atom. The van der Waals surface area contributed by atoms with Crippen molar-refractivity contribution in [3.63, 3.8) is 0 Å². The van der Waals surface area contributed by atoms with Crippen molar-refractivity contribution in [2.45, 2.75) is 95.0 Å². The normalized spacial score (nSPS) is 28.8. The summed E-state index contributed by atoms with van der Waals surface area (Å²) in [5.74, 6) is -0.747. The molecule has 1 aliphatic heterocycles. The third-order valence-electron chi connectivity index (χ3n) is 7.20. The molecule has 0 radical (unpaired) electrons. The summed E-state index contributed by atoms with van der Waals surface area (Å²) in [7, 11) is -2.85. The molecule has 1 saturated carbocycles. The molecule has 1 saturated heterocycles. The smallest absolute Gasteiger partial charge is 0.261 e. The van der Waals surface area contributed by atoms with E-state index in [1.807, 2.05) is 26.0 Å². The Morgan fingerprint density at radius 2 is 1.56 bits per heavy atom. The number of hydrogen-bond acceptors (Lipinski definition) is 5. The number of nitriles is 1.